The standard InChI is InChI=1S/C26H25F6O4S/c1-23(33,25(27,28)29)16-35-18-8-12-21(13-9-18)37(20-6-4-3-5-7-20)22-14-10-19(11-15-22)36-17-24(2,34)26(30,31)32/h3-15,33-34H,16-17H2,1-2H3/q+1. The largest absolute Gasteiger partial charge is 0.490 e. The Bertz CT molecular complexity index is 1070. The van der Waals surface area contributed by atoms with E-state index in [4.69, 9.17) is 9.47 Å². The predicted octanol–water partition coefficient (Wildman–Crippen LogP) is 6.17. The maximum absolute atomic E-state index is 12.9. The van der Waals surface area contributed by atoms with Gasteiger partial charge in [-0.05, 0) is 74.5 Å². The van der Waals surface area contributed by atoms with Crippen molar-refractivity contribution >= 4 is 10.9 Å². The van der Waals surface area contributed by atoms with E-state index >= 15 is 0 Å². The molecule has 4 nitrogen and oxygen atoms in total. The van der Waals surface area contributed by atoms with Crippen molar-refractivity contribution in [2.75, 3.05) is 13.2 Å². The van der Waals surface area contributed by atoms with Crippen LogP contribution in [0.5, 0.6) is 11.5 Å². The van der Waals surface area contributed by atoms with Gasteiger partial charge < -0.3 is 19.7 Å². The van der Waals surface area contributed by atoms with Crippen molar-refractivity contribution in [1.29, 1.82) is 0 Å². The Kier molecular flexibility index (Phi) is 8.40. The van der Waals surface area contributed by atoms with Crippen molar-refractivity contribution in [3.05, 3.63) is 78.9 Å². The number of aliphatic hydroxyl groups is 2. The van der Waals surface area contributed by atoms with Crippen molar-refractivity contribution in [2.24, 2.45) is 0 Å². The molecule has 0 radical (unpaired) electrons. The molecule has 3 rings (SSSR count). The minimum atomic E-state index is -4.84. The average molecular weight is 548 g/mol. The molecule has 2 unspecified atom stereocenters. The molecule has 0 fully saturated rings. The van der Waals surface area contributed by atoms with Crippen LogP contribution < -0.4 is 9.47 Å². The highest BCUT2D eigenvalue weighted by Gasteiger charge is 2.51. The topological polar surface area (TPSA) is 58.9 Å². The summed E-state index contributed by atoms with van der Waals surface area (Å²) >= 11 is 0. The first-order valence-electron chi connectivity index (χ1n) is 10.9. The van der Waals surface area contributed by atoms with Gasteiger partial charge in [0.15, 0.2) is 25.9 Å². The summed E-state index contributed by atoms with van der Waals surface area (Å²) in [7, 11) is -0.671. The third-order valence-electron chi connectivity index (χ3n) is 5.36. The number of hydrogen-bond donors (Lipinski definition) is 2. The van der Waals surface area contributed by atoms with E-state index in [-0.39, 0.29) is 11.5 Å². The van der Waals surface area contributed by atoms with Gasteiger partial charge in [-0.2, -0.15) is 26.3 Å². The Morgan fingerprint density at radius 1 is 0.568 bits per heavy atom. The summed E-state index contributed by atoms with van der Waals surface area (Å²) < 4.78 is 87.5. The molecule has 37 heavy (non-hydrogen) atoms. The predicted molar refractivity (Wildman–Crippen MR) is 126 cm³/mol. The van der Waals surface area contributed by atoms with E-state index in [1.54, 1.807) is 24.3 Å². The number of alkyl halides is 6. The quantitative estimate of drug-likeness (QED) is 0.249. The Hall–Kier alpha value is -2.89. The maximum atomic E-state index is 12.9. The van der Waals surface area contributed by atoms with Crippen molar-refractivity contribution in [3.8, 4) is 11.5 Å². The highest BCUT2D eigenvalue weighted by molar-refractivity contribution is 7.97. The Balaban J connectivity index is 1.81. The summed E-state index contributed by atoms with van der Waals surface area (Å²) in [6, 6.07) is 22.1. The Morgan fingerprint density at radius 3 is 1.22 bits per heavy atom. The molecule has 0 spiro atoms. The van der Waals surface area contributed by atoms with Gasteiger partial charge in [0.2, 0.25) is 0 Å². The normalized spacial score (nSPS) is 16.4. The first kappa shape index (κ1) is 28.7. The summed E-state index contributed by atoms with van der Waals surface area (Å²) in [6.45, 7) is -0.677. The maximum Gasteiger partial charge on any atom is 0.420 e. The molecule has 0 aliphatic rings. The summed E-state index contributed by atoms with van der Waals surface area (Å²) in [4.78, 5) is 2.52. The number of hydrogen-bond acceptors (Lipinski definition) is 4. The fourth-order valence-electron chi connectivity index (χ4n) is 2.92. The highest BCUT2D eigenvalue weighted by Crippen LogP contribution is 2.35. The number of benzene rings is 3. The van der Waals surface area contributed by atoms with Crippen LogP contribution in [0.25, 0.3) is 0 Å². The Morgan fingerprint density at radius 2 is 0.892 bits per heavy atom. The minimum Gasteiger partial charge on any atom is -0.490 e. The first-order chi connectivity index (χ1) is 17.1. The molecule has 0 aliphatic carbocycles. The zero-order valence-electron chi connectivity index (χ0n) is 19.8. The summed E-state index contributed by atoms with van der Waals surface area (Å²) in [5.74, 6) is 0.288. The van der Waals surface area contributed by atoms with Gasteiger partial charge in [0.05, 0.1) is 10.9 Å². The molecule has 11 heteroatoms. The van der Waals surface area contributed by atoms with E-state index in [0.29, 0.717) is 13.8 Å². The van der Waals surface area contributed by atoms with Crippen LogP contribution in [0.1, 0.15) is 13.8 Å². The molecule has 0 aromatic heterocycles. The van der Waals surface area contributed by atoms with Crippen LogP contribution in [-0.4, -0.2) is 47.0 Å². The number of halogens is 6. The van der Waals surface area contributed by atoms with Gasteiger partial charge >= 0.3 is 12.4 Å². The fourth-order valence-corrected chi connectivity index (χ4v) is 4.98. The summed E-state index contributed by atoms with van der Waals surface area (Å²) in [6.07, 6.45) is -9.68. The van der Waals surface area contributed by atoms with E-state index in [9.17, 15) is 36.6 Å². The third kappa shape index (κ3) is 7.12. The monoisotopic (exact) mass is 547 g/mol. The van der Waals surface area contributed by atoms with Crippen molar-refractivity contribution in [3.63, 3.8) is 0 Å². The van der Waals surface area contributed by atoms with Crippen LogP contribution in [0.4, 0.5) is 26.3 Å². The molecule has 2 atom stereocenters. The van der Waals surface area contributed by atoms with Crippen molar-refractivity contribution < 1.29 is 46.0 Å². The lowest BCUT2D eigenvalue weighted by Crippen LogP contribution is -2.47. The second-order valence-electron chi connectivity index (χ2n) is 8.68. The molecule has 0 saturated carbocycles. The van der Waals surface area contributed by atoms with Gasteiger partial charge in [-0.25, -0.2) is 0 Å². The first-order valence-corrected chi connectivity index (χ1v) is 12.2. The van der Waals surface area contributed by atoms with Crippen LogP contribution in [0.15, 0.2) is 93.5 Å². The smallest absolute Gasteiger partial charge is 0.420 e. The molecule has 200 valence electrons. The fraction of sp³-hybridized carbons (Fsp3) is 0.308. The van der Waals surface area contributed by atoms with E-state index < -0.39 is 47.7 Å². The zero-order valence-corrected chi connectivity index (χ0v) is 20.6. The van der Waals surface area contributed by atoms with Gasteiger partial charge in [0.1, 0.15) is 24.7 Å². The van der Waals surface area contributed by atoms with E-state index in [1.807, 2.05) is 30.3 Å². The van der Waals surface area contributed by atoms with Gasteiger partial charge in [0, 0.05) is 0 Å². The number of ether oxygens (including phenoxy) is 2. The van der Waals surface area contributed by atoms with Gasteiger partial charge in [-0.15, -0.1) is 0 Å². The molecule has 0 bridgehead atoms. The lowest BCUT2D eigenvalue weighted by atomic mass is 10.1. The van der Waals surface area contributed by atoms with Gasteiger partial charge in [0.25, 0.3) is 0 Å². The highest BCUT2D eigenvalue weighted by atomic mass is 32.2. The molecule has 3 aromatic rings. The number of rotatable bonds is 9. The minimum absolute atomic E-state index is 0.144. The van der Waals surface area contributed by atoms with Crippen LogP contribution >= 0.6 is 0 Å². The van der Waals surface area contributed by atoms with Crippen LogP contribution in [0, 0.1) is 0 Å². The van der Waals surface area contributed by atoms with Gasteiger partial charge in [-0.3, -0.25) is 0 Å². The van der Waals surface area contributed by atoms with Crippen LogP contribution in [0.2, 0.25) is 0 Å². The van der Waals surface area contributed by atoms with E-state index in [1.165, 1.54) is 24.3 Å². The molecule has 0 aliphatic heterocycles. The Labute approximate surface area is 212 Å². The second-order valence-corrected chi connectivity index (χ2v) is 10.7. The van der Waals surface area contributed by atoms with E-state index in [0.717, 1.165) is 14.7 Å². The second kappa shape index (κ2) is 10.8. The van der Waals surface area contributed by atoms with Gasteiger partial charge in [-0.1, -0.05) is 18.2 Å². The third-order valence-corrected chi connectivity index (χ3v) is 7.59. The van der Waals surface area contributed by atoms with Crippen molar-refractivity contribution in [2.45, 2.75) is 52.1 Å². The lowest BCUT2D eigenvalue weighted by Gasteiger charge is -2.26. The zero-order chi connectivity index (χ0) is 27.5. The molecular weight excluding hydrogens is 522 g/mol. The van der Waals surface area contributed by atoms with Crippen molar-refractivity contribution in [1.82, 2.24) is 0 Å². The SMILES string of the molecule is CC(O)(COc1ccc([S+](c2ccccc2)c2ccc(OCC(C)(O)C(F)(F)F)cc2)cc1)C(F)(F)F. The molecular formula is C26H25F6O4S+. The van der Waals surface area contributed by atoms with E-state index in [2.05, 4.69) is 0 Å². The summed E-state index contributed by atoms with van der Waals surface area (Å²) in [5.41, 5.74) is -6.01. The van der Waals surface area contributed by atoms with Crippen LogP contribution in [-0.2, 0) is 10.9 Å². The summed E-state index contributed by atoms with van der Waals surface area (Å²) in [5, 5.41) is 19.1. The van der Waals surface area contributed by atoms with Crippen LogP contribution in [0.3, 0.4) is 0 Å². The molecule has 3 aromatic carbocycles. The molecule has 0 amide bonds. The lowest BCUT2D eigenvalue weighted by molar-refractivity contribution is -0.260. The molecule has 2 N–H and O–H groups in total. The molecule has 0 saturated heterocycles. The average Bonchev–Trinajstić information content (AvgIpc) is 2.82. The molecule has 0 heterocycles.